The first kappa shape index (κ1) is 22.4. The Morgan fingerprint density at radius 3 is 2.48 bits per heavy atom. The fourth-order valence-electron chi connectivity index (χ4n) is 3.86. The number of benzene rings is 1. The van der Waals surface area contributed by atoms with Gasteiger partial charge in [-0.3, -0.25) is 9.36 Å². The van der Waals surface area contributed by atoms with E-state index in [2.05, 4.69) is 4.40 Å². The predicted molar refractivity (Wildman–Crippen MR) is 117 cm³/mol. The van der Waals surface area contributed by atoms with Crippen LogP contribution in [0.25, 0.3) is 10.9 Å². The van der Waals surface area contributed by atoms with E-state index in [4.69, 9.17) is 9.72 Å². The Labute approximate surface area is 183 Å². The zero-order valence-corrected chi connectivity index (χ0v) is 19.0. The summed E-state index contributed by atoms with van der Waals surface area (Å²) < 4.78 is 52.6. The number of nitrogens with zero attached hydrogens (tertiary/aromatic N) is 3. The minimum absolute atomic E-state index is 0.00775. The van der Waals surface area contributed by atoms with Crippen LogP contribution in [0.1, 0.15) is 76.7 Å². The maximum Gasteiger partial charge on any atom is 0.261 e. The van der Waals surface area contributed by atoms with Gasteiger partial charge in [0.2, 0.25) is 0 Å². The van der Waals surface area contributed by atoms with Gasteiger partial charge in [-0.25, -0.2) is 13.8 Å². The zero-order chi connectivity index (χ0) is 22.5. The van der Waals surface area contributed by atoms with Crippen LogP contribution >= 0.6 is 0 Å². The minimum Gasteiger partial charge on any atom is -0.591 e. The van der Waals surface area contributed by atoms with Crippen LogP contribution in [0.5, 0.6) is 0 Å². The molecule has 1 aromatic carbocycles. The zero-order valence-electron chi connectivity index (χ0n) is 18.2. The van der Waals surface area contributed by atoms with Gasteiger partial charge in [-0.2, -0.15) is 0 Å². The predicted octanol–water partition coefficient (Wildman–Crippen LogP) is 4.17. The molecular formula is C22H27F2N3O3S. The highest BCUT2D eigenvalue weighted by atomic mass is 32.2. The van der Waals surface area contributed by atoms with Crippen molar-refractivity contribution in [2.75, 3.05) is 13.2 Å². The monoisotopic (exact) mass is 451 g/mol. The maximum absolute atomic E-state index is 15.0. The molecule has 2 heterocycles. The number of hydrogen-bond acceptors (Lipinski definition) is 5. The van der Waals surface area contributed by atoms with Crippen LogP contribution in [0.15, 0.2) is 15.3 Å². The van der Waals surface area contributed by atoms with E-state index in [1.165, 1.54) is 6.92 Å². The molecule has 2 aliphatic rings. The van der Waals surface area contributed by atoms with E-state index >= 15 is 0 Å². The molecule has 0 N–H and O–H groups in total. The molecule has 1 saturated carbocycles. The molecular weight excluding hydrogens is 424 g/mol. The summed E-state index contributed by atoms with van der Waals surface area (Å²) in [5, 5.41) is 0.0210. The highest BCUT2D eigenvalue weighted by molar-refractivity contribution is 7.91. The smallest absolute Gasteiger partial charge is 0.261 e. The van der Waals surface area contributed by atoms with Gasteiger partial charge in [0, 0.05) is 25.2 Å². The topological polar surface area (TPSA) is 79.5 Å². The second kappa shape index (κ2) is 8.26. The molecule has 0 radical (unpaired) electrons. The van der Waals surface area contributed by atoms with Crippen molar-refractivity contribution in [2.45, 2.75) is 70.1 Å². The number of ether oxygens (including phenoxy) is 1. The Kier molecular flexibility index (Phi) is 5.95. The molecule has 1 saturated heterocycles. The van der Waals surface area contributed by atoms with Crippen molar-refractivity contribution in [2.24, 2.45) is 4.40 Å². The largest absolute Gasteiger partial charge is 0.591 e. The van der Waals surface area contributed by atoms with Gasteiger partial charge in [-0.15, -0.1) is 0 Å². The highest BCUT2D eigenvalue weighted by Gasteiger charge is 2.34. The Hall–Kier alpha value is -1.84. The maximum atomic E-state index is 15.0. The second-order valence-corrected chi connectivity index (χ2v) is 11.2. The highest BCUT2D eigenvalue weighted by Crippen LogP contribution is 2.38. The fraction of sp³-hybridized carbons (Fsp3) is 0.591. The SMILES string of the molecule is CC(=N[S+]([O-])C(C)(C)C)c1c(F)c(F)cc2c(=O)n(C3CC3)c(C3CCOCC3)nc12. The third-order valence-corrected chi connectivity index (χ3v) is 7.21. The van der Waals surface area contributed by atoms with Gasteiger partial charge in [-0.05, 0) is 59.4 Å². The molecule has 0 amide bonds. The Morgan fingerprint density at radius 2 is 1.90 bits per heavy atom. The van der Waals surface area contributed by atoms with E-state index in [0.717, 1.165) is 18.9 Å². The van der Waals surface area contributed by atoms with Crippen molar-refractivity contribution < 1.29 is 18.1 Å². The first-order chi connectivity index (χ1) is 14.6. The normalized spacial score (nSPS) is 19.8. The molecule has 1 atom stereocenters. The van der Waals surface area contributed by atoms with E-state index in [9.17, 15) is 18.1 Å². The van der Waals surface area contributed by atoms with Crippen molar-refractivity contribution in [3.63, 3.8) is 0 Å². The lowest BCUT2D eigenvalue weighted by Gasteiger charge is -2.25. The van der Waals surface area contributed by atoms with Crippen LogP contribution in [0.2, 0.25) is 0 Å². The lowest BCUT2D eigenvalue weighted by Crippen LogP contribution is -2.30. The van der Waals surface area contributed by atoms with Crippen LogP contribution in [0, 0.1) is 11.6 Å². The molecule has 0 spiro atoms. The Bertz CT molecular complexity index is 1100. The van der Waals surface area contributed by atoms with Crippen molar-refractivity contribution >= 4 is 28.0 Å². The first-order valence-electron chi connectivity index (χ1n) is 10.6. The van der Waals surface area contributed by atoms with E-state index in [-0.39, 0.29) is 39.7 Å². The molecule has 31 heavy (non-hydrogen) atoms. The number of rotatable bonds is 4. The van der Waals surface area contributed by atoms with Gasteiger partial charge in [0.05, 0.1) is 16.5 Å². The van der Waals surface area contributed by atoms with Crippen molar-refractivity contribution in [1.82, 2.24) is 9.55 Å². The molecule has 9 heteroatoms. The van der Waals surface area contributed by atoms with Crippen molar-refractivity contribution in [1.29, 1.82) is 0 Å². The molecule has 2 fully saturated rings. The van der Waals surface area contributed by atoms with Gasteiger partial charge in [-0.1, -0.05) is 4.40 Å². The van der Waals surface area contributed by atoms with E-state index in [0.29, 0.717) is 31.9 Å². The Morgan fingerprint density at radius 1 is 1.26 bits per heavy atom. The third-order valence-electron chi connectivity index (χ3n) is 5.72. The van der Waals surface area contributed by atoms with Crippen LogP contribution in [0.4, 0.5) is 8.78 Å². The number of halogens is 2. The number of aromatic nitrogens is 2. The summed E-state index contributed by atoms with van der Waals surface area (Å²) in [4.78, 5) is 18.1. The average molecular weight is 452 g/mol. The van der Waals surface area contributed by atoms with Crippen molar-refractivity contribution in [3.8, 4) is 0 Å². The Balaban J connectivity index is 1.98. The van der Waals surface area contributed by atoms with Gasteiger partial charge >= 0.3 is 0 Å². The van der Waals surface area contributed by atoms with Crippen molar-refractivity contribution in [3.05, 3.63) is 39.4 Å². The molecule has 6 nitrogen and oxygen atoms in total. The first-order valence-corrected chi connectivity index (χ1v) is 11.7. The fourth-order valence-corrected chi connectivity index (χ4v) is 4.48. The molecule has 168 valence electrons. The summed E-state index contributed by atoms with van der Waals surface area (Å²) in [7, 11) is 0. The summed E-state index contributed by atoms with van der Waals surface area (Å²) in [6.07, 6.45) is 3.16. The molecule has 4 rings (SSSR count). The molecule has 1 unspecified atom stereocenters. The summed E-state index contributed by atoms with van der Waals surface area (Å²) in [6, 6.07) is 0.964. The summed E-state index contributed by atoms with van der Waals surface area (Å²) in [6.45, 7) is 7.85. The van der Waals surface area contributed by atoms with Gasteiger partial charge in [0.15, 0.2) is 11.6 Å². The second-order valence-electron chi connectivity index (χ2n) is 9.24. The van der Waals surface area contributed by atoms with E-state index < -0.39 is 27.7 Å². The van der Waals surface area contributed by atoms with Gasteiger partial charge in [0.25, 0.3) is 5.56 Å². The van der Waals surface area contributed by atoms with Gasteiger partial charge < -0.3 is 9.29 Å². The lowest BCUT2D eigenvalue weighted by atomic mass is 9.98. The molecule has 1 aromatic heterocycles. The molecule has 2 aromatic rings. The lowest BCUT2D eigenvalue weighted by molar-refractivity contribution is 0.0825. The molecule has 1 aliphatic carbocycles. The van der Waals surface area contributed by atoms with E-state index in [1.807, 2.05) is 0 Å². The third kappa shape index (κ3) is 4.27. The summed E-state index contributed by atoms with van der Waals surface area (Å²) in [5.74, 6) is -1.67. The van der Waals surface area contributed by atoms with Crippen LogP contribution < -0.4 is 5.56 Å². The van der Waals surface area contributed by atoms with Crippen LogP contribution in [-0.4, -0.2) is 37.8 Å². The minimum atomic E-state index is -1.67. The van der Waals surface area contributed by atoms with Crippen LogP contribution in [0.3, 0.4) is 0 Å². The molecule has 0 bridgehead atoms. The molecule has 1 aliphatic heterocycles. The van der Waals surface area contributed by atoms with Gasteiger partial charge in [0.1, 0.15) is 27.6 Å². The van der Waals surface area contributed by atoms with E-state index in [1.54, 1.807) is 25.3 Å². The van der Waals surface area contributed by atoms with Crippen LogP contribution in [-0.2, 0) is 16.1 Å². The standard InChI is InChI=1S/C22H27F2N3O3S/c1-12(26-31(29)22(2,3)4)17-18(24)16(23)11-15-19(17)25-20(13-7-9-30-10-8-13)27(21(15)28)14-5-6-14/h11,13-14H,5-10H2,1-4H3. The quantitative estimate of drug-likeness (QED) is 0.516. The summed E-state index contributed by atoms with van der Waals surface area (Å²) in [5.41, 5.74) is -0.418. The number of hydrogen-bond donors (Lipinski definition) is 0. The summed E-state index contributed by atoms with van der Waals surface area (Å²) >= 11 is -1.67. The average Bonchev–Trinajstić information content (AvgIpc) is 3.54. The number of fused-ring (bicyclic) bond motifs is 1.